The minimum atomic E-state index is -1.04. The van der Waals surface area contributed by atoms with Crippen LogP contribution >= 0.6 is 0 Å². The average molecular weight is 266 g/mol. The Bertz CT molecular complexity index is 483. The number of nitrogens with one attached hydrogen (secondary N) is 2. The van der Waals surface area contributed by atoms with Crippen molar-refractivity contribution >= 4 is 17.9 Å². The van der Waals surface area contributed by atoms with Crippen LogP contribution in [-0.4, -0.2) is 36.2 Å². The molecular formula is C12H14N2O5. The van der Waals surface area contributed by atoms with Crippen LogP contribution in [0.1, 0.15) is 17.3 Å². The number of carboxylic acid groups (broad SMARTS) is 1. The smallest absolute Gasteiger partial charge is 0.335 e. The standard InChI is InChI=1S/C12H14N2O5/c1-7(10(15)14-12(18)13-2)19-9-5-3-8(4-6-9)11(16)17/h3-7H,1-2H3,(H,16,17)(H2,13,14,15,18). The molecule has 0 spiro atoms. The number of imide groups is 1. The third-order valence-corrected chi connectivity index (χ3v) is 2.25. The first-order valence-corrected chi connectivity index (χ1v) is 5.46. The molecule has 1 aromatic rings. The summed E-state index contributed by atoms with van der Waals surface area (Å²) in [6, 6.07) is 4.98. The molecule has 7 nitrogen and oxygen atoms in total. The fourth-order valence-corrected chi connectivity index (χ4v) is 1.21. The van der Waals surface area contributed by atoms with Gasteiger partial charge < -0.3 is 15.2 Å². The van der Waals surface area contributed by atoms with Gasteiger partial charge in [0.1, 0.15) is 5.75 Å². The molecule has 0 heterocycles. The number of benzene rings is 1. The van der Waals surface area contributed by atoms with E-state index in [1.165, 1.54) is 38.2 Å². The van der Waals surface area contributed by atoms with Crippen molar-refractivity contribution in [2.75, 3.05) is 7.05 Å². The molecule has 0 aromatic heterocycles. The number of aromatic carboxylic acids is 1. The SMILES string of the molecule is CNC(=O)NC(=O)C(C)Oc1ccc(C(=O)O)cc1. The molecule has 3 N–H and O–H groups in total. The second kappa shape index (κ2) is 6.39. The maximum absolute atomic E-state index is 11.5. The van der Waals surface area contributed by atoms with Gasteiger partial charge in [-0.05, 0) is 31.2 Å². The van der Waals surface area contributed by atoms with Gasteiger partial charge in [-0.3, -0.25) is 10.1 Å². The van der Waals surface area contributed by atoms with Crippen LogP contribution in [0.3, 0.4) is 0 Å². The fourth-order valence-electron chi connectivity index (χ4n) is 1.21. The van der Waals surface area contributed by atoms with E-state index < -0.39 is 24.0 Å². The van der Waals surface area contributed by atoms with E-state index >= 15 is 0 Å². The molecule has 1 aromatic carbocycles. The van der Waals surface area contributed by atoms with E-state index in [4.69, 9.17) is 9.84 Å². The van der Waals surface area contributed by atoms with E-state index in [9.17, 15) is 14.4 Å². The maximum Gasteiger partial charge on any atom is 0.335 e. The maximum atomic E-state index is 11.5. The molecule has 1 atom stereocenters. The Kier molecular flexibility index (Phi) is 4.87. The molecule has 0 radical (unpaired) electrons. The van der Waals surface area contributed by atoms with Crippen molar-refractivity contribution in [1.29, 1.82) is 0 Å². The zero-order valence-electron chi connectivity index (χ0n) is 10.5. The van der Waals surface area contributed by atoms with Crippen molar-refractivity contribution in [2.24, 2.45) is 0 Å². The molecule has 0 aliphatic heterocycles. The van der Waals surface area contributed by atoms with Crippen LogP contribution in [0.2, 0.25) is 0 Å². The first-order valence-electron chi connectivity index (χ1n) is 5.46. The second-order valence-electron chi connectivity index (χ2n) is 3.66. The summed E-state index contributed by atoms with van der Waals surface area (Å²) >= 11 is 0. The highest BCUT2D eigenvalue weighted by Gasteiger charge is 2.16. The number of rotatable bonds is 4. The molecule has 0 saturated heterocycles. The minimum Gasteiger partial charge on any atom is -0.481 e. The van der Waals surface area contributed by atoms with Crippen molar-refractivity contribution in [2.45, 2.75) is 13.0 Å². The minimum absolute atomic E-state index is 0.120. The predicted octanol–water partition coefficient (Wildman–Crippen LogP) is 0.608. The van der Waals surface area contributed by atoms with Gasteiger partial charge in [-0.2, -0.15) is 0 Å². The zero-order valence-corrected chi connectivity index (χ0v) is 10.5. The van der Waals surface area contributed by atoms with Crippen LogP contribution in [0, 0.1) is 0 Å². The van der Waals surface area contributed by atoms with Gasteiger partial charge >= 0.3 is 12.0 Å². The summed E-state index contributed by atoms with van der Waals surface area (Å²) < 4.78 is 5.27. The van der Waals surface area contributed by atoms with Gasteiger partial charge in [-0.15, -0.1) is 0 Å². The lowest BCUT2D eigenvalue weighted by molar-refractivity contribution is -0.126. The monoisotopic (exact) mass is 266 g/mol. The van der Waals surface area contributed by atoms with Crippen molar-refractivity contribution in [3.05, 3.63) is 29.8 Å². The first kappa shape index (κ1) is 14.5. The Labute approximate surface area is 109 Å². The molecule has 19 heavy (non-hydrogen) atoms. The molecule has 1 rings (SSSR count). The molecule has 3 amide bonds. The van der Waals surface area contributed by atoms with Crippen molar-refractivity contribution < 1.29 is 24.2 Å². The largest absolute Gasteiger partial charge is 0.481 e. The Hall–Kier alpha value is -2.57. The van der Waals surface area contributed by atoms with Crippen LogP contribution in [0.4, 0.5) is 4.79 Å². The number of carbonyl (C=O) groups excluding carboxylic acids is 2. The normalized spacial score (nSPS) is 11.3. The fraction of sp³-hybridized carbons (Fsp3) is 0.250. The Morgan fingerprint density at radius 1 is 1.21 bits per heavy atom. The van der Waals surface area contributed by atoms with Gasteiger partial charge in [-0.1, -0.05) is 0 Å². The van der Waals surface area contributed by atoms with Gasteiger partial charge in [0.2, 0.25) is 0 Å². The predicted molar refractivity (Wildman–Crippen MR) is 66.1 cm³/mol. The summed E-state index contributed by atoms with van der Waals surface area (Å²) in [5.74, 6) is -1.30. The van der Waals surface area contributed by atoms with E-state index in [2.05, 4.69) is 10.6 Å². The summed E-state index contributed by atoms with van der Waals surface area (Å²) in [5.41, 5.74) is 0.120. The third kappa shape index (κ3) is 4.30. The quantitative estimate of drug-likeness (QED) is 0.740. The van der Waals surface area contributed by atoms with Gasteiger partial charge in [-0.25, -0.2) is 9.59 Å². The van der Waals surface area contributed by atoms with Crippen LogP contribution in [0.15, 0.2) is 24.3 Å². The molecular weight excluding hydrogens is 252 g/mol. The molecule has 0 bridgehead atoms. The number of hydrogen-bond donors (Lipinski definition) is 3. The lowest BCUT2D eigenvalue weighted by atomic mass is 10.2. The molecule has 0 fully saturated rings. The van der Waals surface area contributed by atoms with Crippen molar-refractivity contribution in [3.8, 4) is 5.75 Å². The van der Waals surface area contributed by atoms with E-state index in [0.29, 0.717) is 5.75 Å². The van der Waals surface area contributed by atoms with Crippen LogP contribution in [-0.2, 0) is 4.79 Å². The molecule has 0 aliphatic carbocycles. The van der Waals surface area contributed by atoms with Gasteiger partial charge in [0.25, 0.3) is 5.91 Å². The zero-order chi connectivity index (χ0) is 14.4. The Morgan fingerprint density at radius 3 is 2.26 bits per heavy atom. The Morgan fingerprint density at radius 2 is 1.79 bits per heavy atom. The average Bonchev–Trinajstić information content (AvgIpc) is 2.38. The summed E-state index contributed by atoms with van der Waals surface area (Å²) in [6.07, 6.45) is -0.882. The number of carboxylic acids is 1. The van der Waals surface area contributed by atoms with Gasteiger partial charge in [0, 0.05) is 7.05 Å². The van der Waals surface area contributed by atoms with E-state index in [0.717, 1.165) is 0 Å². The highest BCUT2D eigenvalue weighted by Crippen LogP contribution is 2.13. The summed E-state index contributed by atoms with van der Waals surface area (Å²) in [7, 11) is 1.39. The van der Waals surface area contributed by atoms with Crippen molar-refractivity contribution in [1.82, 2.24) is 10.6 Å². The molecule has 1 unspecified atom stereocenters. The highest BCUT2D eigenvalue weighted by atomic mass is 16.5. The topological polar surface area (TPSA) is 105 Å². The van der Waals surface area contributed by atoms with Crippen LogP contribution in [0.25, 0.3) is 0 Å². The molecule has 0 aliphatic rings. The Balaban J connectivity index is 2.61. The van der Waals surface area contributed by atoms with E-state index in [1.54, 1.807) is 0 Å². The highest BCUT2D eigenvalue weighted by molar-refractivity contribution is 5.96. The molecule has 7 heteroatoms. The summed E-state index contributed by atoms with van der Waals surface area (Å²) in [6.45, 7) is 1.48. The van der Waals surface area contributed by atoms with Crippen molar-refractivity contribution in [3.63, 3.8) is 0 Å². The number of carbonyl (C=O) groups is 3. The van der Waals surface area contributed by atoms with Crippen LogP contribution < -0.4 is 15.4 Å². The first-order chi connectivity index (χ1) is 8.93. The number of urea groups is 1. The summed E-state index contributed by atoms with van der Waals surface area (Å²) in [4.78, 5) is 33.1. The molecule has 0 saturated carbocycles. The summed E-state index contributed by atoms with van der Waals surface area (Å²) in [5, 5.41) is 13.0. The van der Waals surface area contributed by atoms with E-state index in [1.807, 2.05) is 0 Å². The van der Waals surface area contributed by atoms with Gasteiger partial charge in [0.15, 0.2) is 6.10 Å². The lowest BCUT2D eigenvalue weighted by Gasteiger charge is -2.13. The lowest BCUT2D eigenvalue weighted by Crippen LogP contribution is -2.43. The van der Waals surface area contributed by atoms with Crippen LogP contribution in [0.5, 0.6) is 5.75 Å². The third-order valence-electron chi connectivity index (χ3n) is 2.25. The van der Waals surface area contributed by atoms with Gasteiger partial charge in [0.05, 0.1) is 5.56 Å². The number of amides is 3. The van der Waals surface area contributed by atoms with E-state index in [-0.39, 0.29) is 5.56 Å². The number of ether oxygens (including phenoxy) is 1. The second-order valence-corrected chi connectivity index (χ2v) is 3.66. The number of hydrogen-bond acceptors (Lipinski definition) is 4. The molecule has 102 valence electrons.